The summed E-state index contributed by atoms with van der Waals surface area (Å²) >= 11 is 0. The van der Waals surface area contributed by atoms with Crippen molar-refractivity contribution < 1.29 is 30.5 Å². The van der Waals surface area contributed by atoms with Gasteiger partial charge in [-0.25, -0.2) is 10.0 Å². The van der Waals surface area contributed by atoms with Gasteiger partial charge in [-0.1, -0.05) is 30.3 Å². The van der Waals surface area contributed by atoms with Gasteiger partial charge >= 0.3 is 5.97 Å². The number of quaternary nitrogens is 1. The van der Waals surface area contributed by atoms with Gasteiger partial charge in [-0.15, -0.1) is 0 Å². The Morgan fingerprint density at radius 2 is 1.75 bits per heavy atom. The van der Waals surface area contributed by atoms with Gasteiger partial charge < -0.3 is 15.0 Å². The second-order valence-electron chi connectivity index (χ2n) is 2.94. The Balaban J connectivity index is 0.000000325. The van der Waals surface area contributed by atoms with Crippen LogP contribution in [0.25, 0.3) is 0 Å². The third-order valence-corrected chi connectivity index (χ3v) is 1.72. The number of rotatable bonds is 2. The second kappa shape index (κ2) is 7.38. The van der Waals surface area contributed by atoms with E-state index in [0.717, 1.165) is 5.56 Å². The first-order valence-corrected chi connectivity index (χ1v) is 4.45. The number of carbonyl (C=O) groups excluding carboxylic acids is 1. The highest BCUT2D eigenvalue weighted by Gasteiger charge is 2.03. The molecule has 0 aromatic heterocycles. The van der Waals surface area contributed by atoms with Crippen LogP contribution in [0.3, 0.4) is 0 Å². The molecule has 88 valence electrons. The fraction of sp³-hybridized carbons (Fsp3) is 0.200. The highest BCUT2D eigenvalue weighted by molar-refractivity contribution is 6.26. The molecule has 0 unspecified atom stereocenters. The van der Waals surface area contributed by atoms with Crippen molar-refractivity contribution in [1.82, 2.24) is 0 Å². The Kier molecular flexibility index (Phi) is 6.50. The maximum absolute atomic E-state index is 9.04. The number of aliphatic carboxylic acids is 2. The number of nitrogens with two attached hydrogens (primary N) is 1. The van der Waals surface area contributed by atoms with Crippen molar-refractivity contribution >= 4 is 11.9 Å². The van der Waals surface area contributed by atoms with Crippen LogP contribution < -0.4 is 10.6 Å². The summed E-state index contributed by atoms with van der Waals surface area (Å²) in [5, 5.41) is 25.0. The average molecular weight is 227 g/mol. The van der Waals surface area contributed by atoms with E-state index in [4.69, 9.17) is 25.0 Å². The van der Waals surface area contributed by atoms with Gasteiger partial charge in [0.15, 0.2) is 5.97 Å². The van der Waals surface area contributed by atoms with Crippen LogP contribution in [0.5, 0.6) is 0 Å². The standard InChI is InChI=1S/C8H11NO.C2H2O4/c1-7(9-10)8-5-3-2-4-6-8;3-1(4)2(5)6/h2-7,9-10H,1H3;(H,3,4)(H,5,6)/t7-;/m0./s1. The van der Waals surface area contributed by atoms with Crippen LogP contribution in [0.15, 0.2) is 30.3 Å². The quantitative estimate of drug-likeness (QED) is 0.421. The Morgan fingerprint density at radius 1 is 1.31 bits per heavy atom. The summed E-state index contributed by atoms with van der Waals surface area (Å²) in [6.07, 6.45) is 0. The van der Waals surface area contributed by atoms with E-state index >= 15 is 0 Å². The lowest BCUT2D eigenvalue weighted by molar-refractivity contribution is -0.913. The van der Waals surface area contributed by atoms with E-state index in [9.17, 15) is 0 Å². The van der Waals surface area contributed by atoms with Crippen LogP contribution in [0.2, 0.25) is 0 Å². The molecule has 0 heterocycles. The molecule has 1 rings (SSSR count). The van der Waals surface area contributed by atoms with E-state index in [1.807, 2.05) is 37.3 Å². The van der Waals surface area contributed by atoms with Crippen LogP contribution in [-0.4, -0.2) is 22.3 Å². The summed E-state index contributed by atoms with van der Waals surface area (Å²) in [5.74, 6) is -4.01. The number of carboxylic acid groups (broad SMARTS) is 2. The van der Waals surface area contributed by atoms with Crippen molar-refractivity contribution in [2.75, 3.05) is 0 Å². The summed E-state index contributed by atoms with van der Waals surface area (Å²) in [7, 11) is 0. The SMILES string of the molecule is C[C@H]([NH2+]O)c1ccccc1.O=C([O-])C(=O)O. The molecule has 0 aliphatic heterocycles. The zero-order chi connectivity index (χ0) is 12.6. The Bertz CT molecular complexity index is 326. The molecule has 0 bridgehead atoms. The summed E-state index contributed by atoms with van der Waals surface area (Å²) in [6, 6.07) is 10.0. The Morgan fingerprint density at radius 3 is 2.06 bits per heavy atom. The van der Waals surface area contributed by atoms with E-state index in [2.05, 4.69) is 0 Å². The average Bonchev–Trinajstić information content (AvgIpc) is 2.30. The maximum atomic E-state index is 9.04. The zero-order valence-corrected chi connectivity index (χ0v) is 8.66. The Hall–Kier alpha value is -1.92. The molecule has 0 aliphatic rings. The maximum Gasteiger partial charge on any atom is 0.351 e. The highest BCUT2D eigenvalue weighted by Crippen LogP contribution is 2.05. The Labute approximate surface area is 92.1 Å². The third-order valence-electron chi connectivity index (χ3n) is 1.72. The van der Waals surface area contributed by atoms with E-state index < -0.39 is 11.9 Å². The van der Waals surface area contributed by atoms with Gasteiger partial charge in [0.1, 0.15) is 6.04 Å². The van der Waals surface area contributed by atoms with Crippen molar-refractivity contribution in [1.29, 1.82) is 0 Å². The zero-order valence-electron chi connectivity index (χ0n) is 8.66. The van der Waals surface area contributed by atoms with E-state index in [0.29, 0.717) is 0 Å². The molecule has 6 nitrogen and oxygen atoms in total. The molecular formula is C10H13NO5. The molecule has 16 heavy (non-hydrogen) atoms. The molecule has 0 fully saturated rings. The first kappa shape index (κ1) is 14.1. The first-order valence-electron chi connectivity index (χ1n) is 4.45. The predicted molar refractivity (Wildman–Crippen MR) is 51.2 cm³/mol. The van der Waals surface area contributed by atoms with Crippen molar-refractivity contribution in [3.05, 3.63) is 35.9 Å². The summed E-state index contributed by atoms with van der Waals surface area (Å²) in [6.45, 7) is 1.95. The molecule has 1 atom stereocenters. The molecule has 0 amide bonds. The molecule has 4 N–H and O–H groups in total. The van der Waals surface area contributed by atoms with Gasteiger partial charge in [0, 0.05) is 5.56 Å². The number of benzene rings is 1. The number of carbonyl (C=O) groups is 2. The fourth-order valence-corrected chi connectivity index (χ4v) is 0.843. The number of hydroxylamine groups is 1. The predicted octanol–water partition coefficient (Wildman–Crippen LogP) is -1.48. The lowest BCUT2D eigenvalue weighted by Crippen LogP contribution is -2.81. The molecule has 0 spiro atoms. The molecule has 0 saturated heterocycles. The molecule has 6 heteroatoms. The van der Waals surface area contributed by atoms with E-state index in [1.165, 1.54) is 5.48 Å². The minimum Gasteiger partial charge on any atom is -0.539 e. The molecule has 0 radical (unpaired) electrons. The minimum absolute atomic E-state index is 0.140. The first-order chi connectivity index (χ1) is 7.49. The lowest BCUT2D eigenvalue weighted by atomic mass is 10.1. The van der Waals surface area contributed by atoms with Crippen molar-refractivity contribution in [2.45, 2.75) is 13.0 Å². The number of carboxylic acids is 2. The van der Waals surface area contributed by atoms with Crippen molar-refractivity contribution in [2.24, 2.45) is 0 Å². The van der Waals surface area contributed by atoms with E-state index in [-0.39, 0.29) is 6.04 Å². The third kappa shape index (κ3) is 5.74. The largest absolute Gasteiger partial charge is 0.539 e. The van der Waals surface area contributed by atoms with Gasteiger partial charge in [-0.05, 0) is 6.92 Å². The monoisotopic (exact) mass is 227 g/mol. The molecule has 1 aromatic rings. The molecule has 0 aliphatic carbocycles. The van der Waals surface area contributed by atoms with Gasteiger partial charge in [-0.3, -0.25) is 0 Å². The van der Waals surface area contributed by atoms with Crippen LogP contribution in [0.4, 0.5) is 0 Å². The molecular weight excluding hydrogens is 214 g/mol. The topological polar surface area (TPSA) is 114 Å². The van der Waals surface area contributed by atoms with Crippen molar-refractivity contribution in [3.8, 4) is 0 Å². The van der Waals surface area contributed by atoms with Gasteiger partial charge in [0.25, 0.3) is 0 Å². The van der Waals surface area contributed by atoms with Gasteiger partial charge in [0.2, 0.25) is 0 Å². The van der Waals surface area contributed by atoms with Crippen LogP contribution >= 0.6 is 0 Å². The minimum atomic E-state index is -2.07. The summed E-state index contributed by atoms with van der Waals surface area (Å²) in [4.78, 5) is 18.0. The number of hydrogen-bond acceptors (Lipinski definition) is 4. The van der Waals surface area contributed by atoms with Crippen molar-refractivity contribution in [3.63, 3.8) is 0 Å². The number of hydrogen-bond donors (Lipinski definition) is 3. The van der Waals surface area contributed by atoms with Crippen LogP contribution in [-0.2, 0) is 9.59 Å². The summed E-state index contributed by atoms with van der Waals surface area (Å²) in [5.41, 5.74) is 2.35. The highest BCUT2D eigenvalue weighted by atomic mass is 16.5. The second-order valence-corrected chi connectivity index (χ2v) is 2.94. The smallest absolute Gasteiger partial charge is 0.351 e. The van der Waals surface area contributed by atoms with Crippen LogP contribution in [0.1, 0.15) is 18.5 Å². The van der Waals surface area contributed by atoms with Gasteiger partial charge in [-0.2, -0.15) is 5.48 Å². The molecule has 1 aromatic carbocycles. The molecule has 0 saturated carbocycles. The van der Waals surface area contributed by atoms with E-state index in [1.54, 1.807) is 0 Å². The lowest BCUT2D eigenvalue weighted by Gasteiger charge is -2.03. The summed E-state index contributed by atoms with van der Waals surface area (Å²) < 4.78 is 0. The normalized spacial score (nSPS) is 10.9. The van der Waals surface area contributed by atoms with Crippen LogP contribution in [0, 0.1) is 0 Å². The fourth-order valence-electron chi connectivity index (χ4n) is 0.843. The van der Waals surface area contributed by atoms with Gasteiger partial charge in [0.05, 0.1) is 0 Å².